The number of para-hydroxylation sites is 2. The minimum absolute atomic E-state index is 0.00212. The minimum atomic E-state index is -0.277. The summed E-state index contributed by atoms with van der Waals surface area (Å²) in [7, 11) is 0. The summed E-state index contributed by atoms with van der Waals surface area (Å²) >= 11 is 12.3. The molecule has 0 saturated heterocycles. The van der Waals surface area contributed by atoms with Gasteiger partial charge in [0, 0.05) is 22.8 Å². The lowest BCUT2D eigenvalue weighted by molar-refractivity contribution is 0.0954. The van der Waals surface area contributed by atoms with Crippen molar-refractivity contribution in [2.24, 2.45) is 0 Å². The Bertz CT molecular complexity index is 1020. The maximum Gasteiger partial charge on any atom is 0.176 e. The van der Waals surface area contributed by atoms with Gasteiger partial charge in [-0.05, 0) is 42.8 Å². The van der Waals surface area contributed by atoms with Crippen LogP contribution in [0.1, 0.15) is 28.8 Å². The van der Waals surface area contributed by atoms with E-state index in [0.717, 1.165) is 11.3 Å². The third-order valence-corrected chi connectivity index (χ3v) is 5.27. The molecule has 0 aliphatic carbocycles. The molecule has 3 aromatic rings. The van der Waals surface area contributed by atoms with Crippen LogP contribution in [-0.4, -0.2) is 11.8 Å². The van der Waals surface area contributed by atoms with Gasteiger partial charge in [0.1, 0.15) is 11.5 Å². The van der Waals surface area contributed by atoms with Gasteiger partial charge in [0.15, 0.2) is 5.78 Å². The van der Waals surface area contributed by atoms with Crippen molar-refractivity contribution < 1.29 is 9.53 Å². The first kappa shape index (κ1) is 17.9. The molecule has 136 valence electrons. The van der Waals surface area contributed by atoms with E-state index in [0.29, 0.717) is 27.1 Å². The van der Waals surface area contributed by atoms with E-state index in [4.69, 9.17) is 27.9 Å². The quantitative estimate of drug-likeness (QED) is 0.506. The number of anilines is 1. The van der Waals surface area contributed by atoms with Crippen LogP contribution in [0.4, 0.5) is 5.69 Å². The van der Waals surface area contributed by atoms with Crippen LogP contribution < -0.4 is 10.1 Å². The Morgan fingerprint density at radius 1 is 0.963 bits per heavy atom. The number of carbonyl (C=O) groups is 1. The summed E-state index contributed by atoms with van der Waals surface area (Å²) < 4.78 is 5.97. The van der Waals surface area contributed by atoms with Gasteiger partial charge in [-0.3, -0.25) is 4.79 Å². The highest BCUT2D eigenvalue weighted by molar-refractivity contribution is 6.34. The van der Waals surface area contributed by atoms with Gasteiger partial charge in [0.25, 0.3) is 0 Å². The van der Waals surface area contributed by atoms with E-state index in [-0.39, 0.29) is 17.7 Å². The fourth-order valence-electron chi connectivity index (χ4n) is 3.47. The Morgan fingerprint density at radius 3 is 2.56 bits per heavy atom. The largest absolute Gasteiger partial charge is 0.455 e. The lowest BCUT2D eigenvalue weighted by atomic mass is 9.88. The summed E-state index contributed by atoms with van der Waals surface area (Å²) in [4.78, 5) is 13.4. The van der Waals surface area contributed by atoms with E-state index < -0.39 is 0 Å². The number of rotatable bonds is 4. The van der Waals surface area contributed by atoms with Crippen molar-refractivity contribution in [3.63, 3.8) is 0 Å². The van der Waals surface area contributed by atoms with Gasteiger partial charge in [-0.15, -0.1) is 0 Å². The monoisotopic (exact) mass is 397 g/mol. The molecular weight excluding hydrogens is 381 g/mol. The SMILES string of the molecule is CC1Nc2ccccc2C1C(=O)c1ccccc1Oc1cc(Cl)ccc1Cl. The molecule has 5 heteroatoms. The zero-order chi connectivity index (χ0) is 19.0. The maximum atomic E-state index is 13.4. The van der Waals surface area contributed by atoms with E-state index in [2.05, 4.69) is 5.32 Å². The Balaban J connectivity index is 1.71. The summed E-state index contributed by atoms with van der Waals surface area (Å²) in [6.07, 6.45) is 0. The smallest absolute Gasteiger partial charge is 0.176 e. The van der Waals surface area contributed by atoms with E-state index in [9.17, 15) is 4.79 Å². The summed E-state index contributed by atoms with van der Waals surface area (Å²) in [5.74, 6) is 0.611. The molecule has 1 aliphatic rings. The zero-order valence-electron chi connectivity index (χ0n) is 14.6. The first-order chi connectivity index (χ1) is 13.0. The van der Waals surface area contributed by atoms with Crippen molar-refractivity contribution in [3.05, 3.63) is 87.9 Å². The second-order valence-corrected chi connectivity index (χ2v) is 7.38. The first-order valence-electron chi connectivity index (χ1n) is 8.66. The molecule has 0 aromatic heterocycles. The zero-order valence-corrected chi connectivity index (χ0v) is 16.1. The molecule has 2 atom stereocenters. The molecule has 0 spiro atoms. The standard InChI is InChI=1S/C22H17Cl2NO2/c1-13-21(15-6-2-4-8-18(15)25-13)22(26)16-7-3-5-9-19(16)27-20-12-14(23)10-11-17(20)24/h2-13,21,25H,1H3. The molecule has 2 unspecified atom stereocenters. The van der Waals surface area contributed by atoms with Gasteiger partial charge < -0.3 is 10.1 Å². The summed E-state index contributed by atoms with van der Waals surface area (Å²) in [5.41, 5.74) is 2.52. The molecule has 3 aromatic carbocycles. The first-order valence-corrected chi connectivity index (χ1v) is 9.42. The Labute approximate surface area is 167 Å². The molecule has 0 radical (unpaired) electrons. The normalized spacial score (nSPS) is 17.9. The van der Waals surface area contributed by atoms with Crippen LogP contribution in [-0.2, 0) is 0 Å². The van der Waals surface area contributed by atoms with Gasteiger partial charge in [-0.1, -0.05) is 53.5 Å². The number of carbonyl (C=O) groups excluding carboxylic acids is 1. The highest BCUT2D eigenvalue weighted by atomic mass is 35.5. The van der Waals surface area contributed by atoms with Gasteiger partial charge in [0.2, 0.25) is 0 Å². The van der Waals surface area contributed by atoms with Crippen LogP contribution in [0, 0.1) is 0 Å². The summed E-state index contributed by atoms with van der Waals surface area (Å²) in [6, 6.07) is 20.1. The van der Waals surface area contributed by atoms with Gasteiger partial charge in [-0.2, -0.15) is 0 Å². The highest BCUT2D eigenvalue weighted by Gasteiger charge is 2.36. The second-order valence-electron chi connectivity index (χ2n) is 6.54. The molecule has 0 fully saturated rings. The van der Waals surface area contributed by atoms with Crippen molar-refractivity contribution in [2.75, 3.05) is 5.32 Å². The highest BCUT2D eigenvalue weighted by Crippen LogP contribution is 2.40. The molecule has 4 rings (SSSR count). The molecule has 3 nitrogen and oxygen atoms in total. The molecular formula is C22H17Cl2NO2. The number of ketones is 1. The molecule has 0 amide bonds. The average molecular weight is 398 g/mol. The molecule has 0 bridgehead atoms. The molecule has 1 heterocycles. The number of ether oxygens (including phenoxy) is 1. The Hall–Kier alpha value is -2.49. The number of benzene rings is 3. The van der Waals surface area contributed by atoms with Gasteiger partial charge >= 0.3 is 0 Å². The van der Waals surface area contributed by atoms with Crippen molar-refractivity contribution in [3.8, 4) is 11.5 Å². The number of fused-ring (bicyclic) bond motifs is 1. The van der Waals surface area contributed by atoms with E-state index in [1.54, 1.807) is 30.3 Å². The van der Waals surface area contributed by atoms with Crippen molar-refractivity contribution in [2.45, 2.75) is 18.9 Å². The third-order valence-electron chi connectivity index (χ3n) is 4.73. The third kappa shape index (κ3) is 3.41. The van der Waals surface area contributed by atoms with E-state index in [1.807, 2.05) is 43.3 Å². The molecule has 1 N–H and O–H groups in total. The van der Waals surface area contributed by atoms with Crippen LogP contribution in [0.3, 0.4) is 0 Å². The van der Waals surface area contributed by atoms with Gasteiger partial charge in [-0.25, -0.2) is 0 Å². The predicted octanol–water partition coefficient (Wildman–Crippen LogP) is 6.57. The number of nitrogens with one attached hydrogen (secondary N) is 1. The maximum absolute atomic E-state index is 13.4. The van der Waals surface area contributed by atoms with E-state index in [1.165, 1.54) is 0 Å². The topological polar surface area (TPSA) is 38.3 Å². The van der Waals surface area contributed by atoms with Gasteiger partial charge in [0.05, 0.1) is 16.5 Å². The molecule has 27 heavy (non-hydrogen) atoms. The fraction of sp³-hybridized carbons (Fsp3) is 0.136. The van der Waals surface area contributed by atoms with Crippen LogP contribution in [0.2, 0.25) is 10.0 Å². The number of hydrogen-bond acceptors (Lipinski definition) is 3. The summed E-state index contributed by atoms with van der Waals surface area (Å²) in [6.45, 7) is 2.01. The Morgan fingerprint density at radius 2 is 1.70 bits per heavy atom. The molecule has 0 saturated carbocycles. The van der Waals surface area contributed by atoms with Crippen molar-refractivity contribution in [1.29, 1.82) is 0 Å². The van der Waals surface area contributed by atoms with Crippen molar-refractivity contribution in [1.82, 2.24) is 0 Å². The van der Waals surface area contributed by atoms with Crippen LogP contribution in [0.15, 0.2) is 66.7 Å². The number of Topliss-reactive ketones (excluding diaryl/α,β-unsaturated/α-hetero) is 1. The van der Waals surface area contributed by atoms with E-state index >= 15 is 0 Å². The Kier molecular flexibility index (Phi) is 4.81. The minimum Gasteiger partial charge on any atom is -0.455 e. The lowest BCUT2D eigenvalue weighted by Crippen LogP contribution is -2.24. The van der Waals surface area contributed by atoms with Crippen LogP contribution in [0.5, 0.6) is 11.5 Å². The second kappa shape index (κ2) is 7.26. The number of halogens is 2. The fourth-order valence-corrected chi connectivity index (χ4v) is 3.78. The summed E-state index contributed by atoms with van der Waals surface area (Å²) in [5, 5.41) is 4.33. The number of hydrogen-bond donors (Lipinski definition) is 1. The van der Waals surface area contributed by atoms with Crippen molar-refractivity contribution >= 4 is 34.7 Å². The predicted molar refractivity (Wildman–Crippen MR) is 110 cm³/mol. The average Bonchev–Trinajstić information content (AvgIpc) is 3.00. The molecule has 1 aliphatic heterocycles. The van der Waals surface area contributed by atoms with Crippen LogP contribution >= 0.6 is 23.2 Å². The van der Waals surface area contributed by atoms with Crippen LogP contribution in [0.25, 0.3) is 0 Å². The lowest BCUT2D eigenvalue weighted by Gasteiger charge is -2.18.